The highest BCUT2D eigenvalue weighted by molar-refractivity contribution is 5.12. The van der Waals surface area contributed by atoms with Crippen LogP contribution in [-0.4, -0.2) is 9.78 Å². The Morgan fingerprint density at radius 3 is 2.83 bits per heavy atom. The van der Waals surface area contributed by atoms with Crippen LogP contribution >= 0.6 is 0 Å². The third-order valence-electron chi connectivity index (χ3n) is 1.56. The number of aromatic nitrogens is 2. The van der Waals surface area contributed by atoms with Crippen LogP contribution in [0.15, 0.2) is 6.20 Å². The first-order valence-electron chi connectivity index (χ1n) is 3.75. The Kier molecular flexibility index (Phi) is 2.44. The van der Waals surface area contributed by atoms with E-state index in [4.69, 9.17) is 5.26 Å². The van der Waals surface area contributed by atoms with E-state index in [0.717, 1.165) is 0 Å². The summed E-state index contributed by atoms with van der Waals surface area (Å²) in [7, 11) is 0. The Bertz CT molecular complexity index is 309. The van der Waals surface area contributed by atoms with E-state index in [-0.39, 0.29) is 12.5 Å². The van der Waals surface area contributed by atoms with Gasteiger partial charge in [-0.05, 0) is 13.8 Å². The van der Waals surface area contributed by atoms with E-state index >= 15 is 0 Å². The van der Waals surface area contributed by atoms with Crippen LogP contribution in [0, 0.1) is 17.3 Å². The first-order chi connectivity index (χ1) is 5.66. The first kappa shape index (κ1) is 8.72. The van der Waals surface area contributed by atoms with Crippen molar-refractivity contribution in [3.63, 3.8) is 0 Å². The zero-order valence-corrected chi connectivity index (χ0v) is 7.08. The Labute approximate surface area is 70.4 Å². The van der Waals surface area contributed by atoms with Gasteiger partial charge in [-0.3, -0.25) is 0 Å². The van der Waals surface area contributed by atoms with E-state index in [0.29, 0.717) is 5.56 Å². The average molecular weight is 167 g/mol. The van der Waals surface area contributed by atoms with Crippen LogP contribution in [0.1, 0.15) is 25.5 Å². The number of rotatable bonds is 2. The molecule has 0 saturated heterocycles. The van der Waals surface area contributed by atoms with Gasteiger partial charge in [0.15, 0.2) is 0 Å². The van der Waals surface area contributed by atoms with Crippen molar-refractivity contribution in [3.8, 4) is 6.07 Å². The summed E-state index contributed by atoms with van der Waals surface area (Å²) in [6, 6.07) is 1.88. The molecule has 0 saturated carbocycles. The first-order valence-corrected chi connectivity index (χ1v) is 3.75. The van der Waals surface area contributed by atoms with Crippen molar-refractivity contribution in [1.82, 2.24) is 9.78 Å². The van der Waals surface area contributed by atoms with Gasteiger partial charge in [-0.2, -0.15) is 14.8 Å². The zero-order chi connectivity index (χ0) is 9.14. The highest BCUT2D eigenvalue weighted by Gasteiger charge is 2.11. The van der Waals surface area contributed by atoms with Gasteiger partial charge in [0.2, 0.25) is 5.95 Å². The Morgan fingerprint density at radius 1 is 1.75 bits per heavy atom. The monoisotopic (exact) mass is 167 g/mol. The van der Waals surface area contributed by atoms with Gasteiger partial charge >= 0.3 is 0 Å². The van der Waals surface area contributed by atoms with Gasteiger partial charge in [0.05, 0.1) is 18.7 Å². The summed E-state index contributed by atoms with van der Waals surface area (Å²) in [5.41, 5.74) is 0.367. The molecule has 0 spiro atoms. The summed E-state index contributed by atoms with van der Waals surface area (Å²) >= 11 is 0. The average Bonchev–Trinajstić information content (AvgIpc) is 2.34. The van der Waals surface area contributed by atoms with Gasteiger partial charge in [0.1, 0.15) is 0 Å². The van der Waals surface area contributed by atoms with Crippen LogP contribution in [0.2, 0.25) is 0 Å². The molecule has 1 rings (SSSR count). The van der Waals surface area contributed by atoms with E-state index in [1.807, 2.05) is 19.9 Å². The molecule has 1 aromatic heterocycles. The molecule has 0 fully saturated rings. The molecule has 4 heteroatoms. The summed E-state index contributed by atoms with van der Waals surface area (Å²) < 4.78 is 14.5. The third-order valence-corrected chi connectivity index (χ3v) is 1.56. The minimum Gasteiger partial charge on any atom is -0.237 e. The van der Waals surface area contributed by atoms with Crippen molar-refractivity contribution >= 4 is 0 Å². The number of nitriles is 1. The molecule has 0 bridgehead atoms. The van der Waals surface area contributed by atoms with E-state index in [1.54, 1.807) is 0 Å². The Morgan fingerprint density at radius 2 is 2.42 bits per heavy atom. The fourth-order valence-corrected chi connectivity index (χ4v) is 0.947. The summed E-state index contributed by atoms with van der Waals surface area (Å²) in [5, 5.41) is 12.2. The summed E-state index contributed by atoms with van der Waals surface area (Å²) in [4.78, 5) is 0. The molecular weight excluding hydrogens is 157 g/mol. The van der Waals surface area contributed by atoms with E-state index < -0.39 is 5.95 Å². The molecular formula is C8H10FN3. The second-order valence-corrected chi connectivity index (χ2v) is 2.83. The normalized spacial score (nSPS) is 10.2. The lowest BCUT2D eigenvalue weighted by atomic mass is 10.3. The molecule has 0 aliphatic rings. The Hall–Kier alpha value is -1.37. The lowest BCUT2D eigenvalue weighted by molar-refractivity contribution is 0.412. The summed E-state index contributed by atoms with van der Waals surface area (Å²) in [6.45, 7) is 3.68. The molecule has 0 atom stereocenters. The number of nitrogens with zero attached hydrogens (tertiary/aromatic N) is 3. The van der Waals surface area contributed by atoms with Crippen molar-refractivity contribution in [3.05, 3.63) is 17.7 Å². The molecule has 0 amide bonds. The van der Waals surface area contributed by atoms with Crippen molar-refractivity contribution in [2.45, 2.75) is 26.3 Å². The molecule has 0 aromatic carbocycles. The zero-order valence-electron chi connectivity index (χ0n) is 7.08. The van der Waals surface area contributed by atoms with Crippen LogP contribution in [0.5, 0.6) is 0 Å². The molecule has 0 aliphatic carbocycles. The molecule has 1 heterocycles. The number of hydrogen-bond donors (Lipinski definition) is 0. The topological polar surface area (TPSA) is 41.6 Å². The van der Waals surface area contributed by atoms with Gasteiger partial charge in [-0.15, -0.1) is 0 Å². The number of hydrogen-bond acceptors (Lipinski definition) is 2. The second-order valence-electron chi connectivity index (χ2n) is 2.83. The second kappa shape index (κ2) is 3.35. The molecule has 12 heavy (non-hydrogen) atoms. The van der Waals surface area contributed by atoms with Crippen LogP contribution in [0.3, 0.4) is 0 Å². The quantitative estimate of drug-likeness (QED) is 0.672. The smallest absolute Gasteiger partial charge is 0.215 e. The Balaban J connectivity index is 2.98. The van der Waals surface area contributed by atoms with Crippen LogP contribution in [-0.2, 0) is 6.42 Å². The SMILES string of the molecule is CC(C)n1ncc(CC#N)c1F. The van der Waals surface area contributed by atoms with Crippen LogP contribution in [0.25, 0.3) is 0 Å². The minimum absolute atomic E-state index is 0.00237. The highest BCUT2D eigenvalue weighted by Crippen LogP contribution is 2.11. The van der Waals surface area contributed by atoms with E-state index in [1.165, 1.54) is 10.9 Å². The maximum atomic E-state index is 13.2. The summed E-state index contributed by atoms with van der Waals surface area (Å²) in [5.74, 6) is -0.397. The van der Waals surface area contributed by atoms with Crippen LogP contribution < -0.4 is 0 Å². The van der Waals surface area contributed by atoms with Gasteiger partial charge < -0.3 is 0 Å². The predicted octanol–water partition coefficient (Wildman–Crippen LogP) is 1.67. The standard InChI is InChI=1S/C8H10FN3/c1-6(2)12-8(9)7(3-4-10)5-11-12/h5-6H,3H2,1-2H3. The van der Waals surface area contributed by atoms with Gasteiger partial charge in [-0.25, -0.2) is 4.68 Å². The van der Waals surface area contributed by atoms with Crippen molar-refractivity contribution in [2.75, 3.05) is 0 Å². The fraction of sp³-hybridized carbons (Fsp3) is 0.500. The van der Waals surface area contributed by atoms with Crippen molar-refractivity contribution in [2.24, 2.45) is 0 Å². The maximum absolute atomic E-state index is 13.2. The largest absolute Gasteiger partial charge is 0.237 e. The van der Waals surface area contributed by atoms with E-state index in [9.17, 15) is 4.39 Å². The molecule has 0 N–H and O–H groups in total. The third kappa shape index (κ3) is 1.45. The van der Waals surface area contributed by atoms with E-state index in [2.05, 4.69) is 5.10 Å². The highest BCUT2D eigenvalue weighted by atomic mass is 19.1. The van der Waals surface area contributed by atoms with Crippen molar-refractivity contribution < 1.29 is 4.39 Å². The number of halogens is 1. The molecule has 3 nitrogen and oxygen atoms in total. The molecule has 64 valence electrons. The molecule has 0 aliphatic heterocycles. The summed E-state index contributed by atoms with van der Waals surface area (Å²) in [6.07, 6.45) is 1.48. The van der Waals surface area contributed by atoms with Crippen LogP contribution in [0.4, 0.5) is 4.39 Å². The fourth-order valence-electron chi connectivity index (χ4n) is 0.947. The molecule has 1 aromatic rings. The maximum Gasteiger partial charge on any atom is 0.215 e. The van der Waals surface area contributed by atoms with Crippen molar-refractivity contribution in [1.29, 1.82) is 5.26 Å². The molecule has 0 unspecified atom stereocenters. The van der Waals surface area contributed by atoms with Gasteiger partial charge in [0, 0.05) is 11.6 Å². The predicted molar refractivity (Wildman–Crippen MR) is 41.9 cm³/mol. The molecule has 0 radical (unpaired) electrons. The lowest BCUT2D eigenvalue weighted by Crippen LogP contribution is -2.05. The minimum atomic E-state index is -0.397. The van der Waals surface area contributed by atoms with Gasteiger partial charge in [0.25, 0.3) is 0 Å². The van der Waals surface area contributed by atoms with Gasteiger partial charge in [-0.1, -0.05) is 0 Å². The lowest BCUT2D eigenvalue weighted by Gasteiger charge is -2.04.